The lowest BCUT2D eigenvalue weighted by Crippen LogP contribution is -1.96. The molecular weight excluding hydrogens is 308 g/mol. The first kappa shape index (κ1) is 13.8. The molecule has 0 saturated heterocycles. The Bertz CT molecular complexity index is 947. The minimum atomic E-state index is 0.704. The maximum Gasteiger partial charge on any atom is 0.181 e. The number of H-pyrrole nitrogens is 1. The third kappa shape index (κ3) is 2.55. The molecule has 0 aliphatic carbocycles. The van der Waals surface area contributed by atoms with Crippen molar-refractivity contribution in [1.29, 1.82) is 0 Å². The molecule has 0 bridgehead atoms. The minimum absolute atomic E-state index is 0.704. The average molecular weight is 322 g/mol. The summed E-state index contributed by atoms with van der Waals surface area (Å²) in [4.78, 5) is 13.3. The van der Waals surface area contributed by atoms with E-state index in [-0.39, 0.29) is 0 Å². The van der Waals surface area contributed by atoms with Gasteiger partial charge in [-0.15, -0.1) is 11.3 Å². The Kier molecular flexibility index (Phi) is 3.27. The molecule has 0 saturated carbocycles. The third-order valence-corrected chi connectivity index (χ3v) is 4.41. The molecule has 4 aromatic rings. The van der Waals surface area contributed by atoms with Gasteiger partial charge in [0.2, 0.25) is 0 Å². The number of benzene rings is 1. The first-order valence-corrected chi connectivity index (χ1v) is 8.04. The number of aromatic amines is 1. The maximum atomic E-state index is 4.52. The van der Waals surface area contributed by atoms with Gasteiger partial charge in [0.1, 0.15) is 5.82 Å². The molecule has 7 heteroatoms. The highest BCUT2D eigenvalue weighted by atomic mass is 32.1. The molecule has 3 heterocycles. The Balaban J connectivity index is 1.71. The molecule has 0 aliphatic heterocycles. The second-order valence-electron chi connectivity index (χ2n) is 5.21. The van der Waals surface area contributed by atoms with E-state index in [1.165, 1.54) is 0 Å². The van der Waals surface area contributed by atoms with Crippen molar-refractivity contribution >= 4 is 11.3 Å². The molecule has 0 atom stereocenters. The van der Waals surface area contributed by atoms with Crippen LogP contribution in [0.3, 0.4) is 0 Å². The van der Waals surface area contributed by atoms with E-state index in [1.54, 1.807) is 17.5 Å². The summed E-state index contributed by atoms with van der Waals surface area (Å²) in [7, 11) is 0. The van der Waals surface area contributed by atoms with Gasteiger partial charge in [-0.2, -0.15) is 5.10 Å². The minimum Gasteiger partial charge on any atom is -0.298 e. The Morgan fingerprint density at radius 3 is 2.57 bits per heavy atom. The van der Waals surface area contributed by atoms with Gasteiger partial charge in [-0.1, -0.05) is 0 Å². The van der Waals surface area contributed by atoms with Gasteiger partial charge in [0.25, 0.3) is 0 Å². The molecule has 0 amide bonds. The average Bonchev–Trinajstić information content (AvgIpc) is 3.27. The van der Waals surface area contributed by atoms with E-state index < -0.39 is 0 Å². The van der Waals surface area contributed by atoms with Crippen LogP contribution < -0.4 is 0 Å². The monoisotopic (exact) mass is 322 g/mol. The lowest BCUT2D eigenvalue weighted by Gasteiger charge is -2.06. The van der Waals surface area contributed by atoms with Crippen LogP contribution in [0.4, 0.5) is 0 Å². The van der Waals surface area contributed by atoms with Crippen LogP contribution in [-0.2, 0) is 0 Å². The zero-order valence-corrected chi connectivity index (χ0v) is 13.5. The van der Waals surface area contributed by atoms with Gasteiger partial charge in [0.05, 0.1) is 0 Å². The summed E-state index contributed by atoms with van der Waals surface area (Å²) in [6, 6.07) is 8.09. The Labute approximate surface area is 136 Å². The molecule has 0 spiro atoms. The number of nitrogens with zero attached hydrogens (tertiary/aromatic N) is 5. The smallest absolute Gasteiger partial charge is 0.181 e. The fourth-order valence-electron chi connectivity index (χ4n) is 2.37. The van der Waals surface area contributed by atoms with Gasteiger partial charge in [0, 0.05) is 34.7 Å². The topological polar surface area (TPSA) is 72.3 Å². The summed E-state index contributed by atoms with van der Waals surface area (Å²) in [6.07, 6.45) is 3.73. The van der Waals surface area contributed by atoms with E-state index in [0.717, 1.165) is 33.6 Å². The first-order chi connectivity index (χ1) is 11.2. The molecular formula is C16H14N6S. The van der Waals surface area contributed by atoms with Crippen molar-refractivity contribution in [2.24, 2.45) is 0 Å². The number of imidazole rings is 1. The summed E-state index contributed by atoms with van der Waals surface area (Å²) >= 11 is 1.60. The van der Waals surface area contributed by atoms with Crippen molar-refractivity contribution in [2.75, 3.05) is 0 Å². The third-order valence-electron chi connectivity index (χ3n) is 3.45. The highest BCUT2D eigenvalue weighted by molar-refractivity contribution is 7.13. The van der Waals surface area contributed by atoms with Crippen molar-refractivity contribution in [3.05, 3.63) is 53.6 Å². The van der Waals surface area contributed by atoms with Crippen LogP contribution in [0.1, 0.15) is 11.5 Å². The highest BCUT2D eigenvalue weighted by Crippen LogP contribution is 2.25. The van der Waals surface area contributed by atoms with Gasteiger partial charge in [0.15, 0.2) is 16.7 Å². The van der Waals surface area contributed by atoms with E-state index >= 15 is 0 Å². The Morgan fingerprint density at radius 1 is 1.09 bits per heavy atom. The van der Waals surface area contributed by atoms with E-state index in [1.807, 2.05) is 54.3 Å². The summed E-state index contributed by atoms with van der Waals surface area (Å²) in [5.41, 5.74) is 3.01. The van der Waals surface area contributed by atoms with Crippen LogP contribution in [-0.4, -0.2) is 29.7 Å². The molecule has 23 heavy (non-hydrogen) atoms. The molecule has 1 aromatic carbocycles. The SMILES string of the molecule is Cc1csc(-c2nccn2-c2ccc(-c3n[nH]c(C)n3)cc2)n1. The molecule has 6 nitrogen and oxygen atoms in total. The Morgan fingerprint density at radius 2 is 1.91 bits per heavy atom. The van der Waals surface area contributed by atoms with Gasteiger partial charge in [-0.3, -0.25) is 9.67 Å². The number of rotatable bonds is 3. The van der Waals surface area contributed by atoms with Gasteiger partial charge < -0.3 is 0 Å². The van der Waals surface area contributed by atoms with Crippen molar-refractivity contribution in [1.82, 2.24) is 29.7 Å². The van der Waals surface area contributed by atoms with Crippen molar-refractivity contribution in [3.63, 3.8) is 0 Å². The number of aryl methyl sites for hydroxylation is 2. The van der Waals surface area contributed by atoms with Crippen LogP contribution in [0.25, 0.3) is 27.9 Å². The Hall–Kier alpha value is -2.80. The molecule has 114 valence electrons. The molecule has 0 fully saturated rings. The molecule has 0 unspecified atom stereocenters. The molecule has 4 rings (SSSR count). The van der Waals surface area contributed by atoms with Crippen LogP contribution in [0, 0.1) is 13.8 Å². The summed E-state index contributed by atoms with van der Waals surface area (Å²) in [6.45, 7) is 3.87. The van der Waals surface area contributed by atoms with Crippen LogP contribution >= 0.6 is 11.3 Å². The normalized spacial score (nSPS) is 11.0. The second kappa shape index (κ2) is 5.44. The number of thiazole rings is 1. The quantitative estimate of drug-likeness (QED) is 0.627. The van der Waals surface area contributed by atoms with Crippen molar-refractivity contribution in [3.8, 4) is 27.9 Å². The molecule has 0 radical (unpaired) electrons. The molecule has 0 aliphatic rings. The van der Waals surface area contributed by atoms with Gasteiger partial charge >= 0.3 is 0 Å². The largest absolute Gasteiger partial charge is 0.298 e. The van der Waals surface area contributed by atoms with Crippen LogP contribution in [0.2, 0.25) is 0 Å². The van der Waals surface area contributed by atoms with E-state index in [9.17, 15) is 0 Å². The van der Waals surface area contributed by atoms with Crippen molar-refractivity contribution < 1.29 is 0 Å². The van der Waals surface area contributed by atoms with E-state index in [2.05, 4.69) is 25.1 Å². The number of aromatic nitrogens is 6. The van der Waals surface area contributed by atoms with Crippen molar-refractivity contribution in [2.45, 2.75) is 13.8 Å². The molecule has 3 aromatic heterocycles. The second-order valence-corrected chi connectivity index (χ2v) is 6.06. The first-order valence-electron chi connectivity index (χ1n) is 7.16. The summed E-state index contributed by atoms with van der Waals surface area (Å²) in [5, 5.41) is 9.99. The predicted octanol–water partition coefficient (Wildman–Crippen LogP) is 3.40. The fraction of sp³-hybridized carbons (Fsp3) is 0.125. The summed E-state index contributed by atoms with van der Waals surface area (Å²) in [5.74, 6) is 2.36. The summed E-state index contributed by atoms with van der Waals surface area (Å²) < 4.78 is 2.03. The lowest BCUT2D eigenvalue weighted by atomic mass is 10.2. The van der Waals surface area contributed by atoms with E-state index in [0.29, 0.717) is 5.82 Å². The van der Waals surface area contributed by atoms with E-state index in [4.69, 9.17) is 0 Å². The van der Waals surface area contributed by atoms with Crippen LogP contribution in [0.15, 0.2) is 42.0 Å². The number of hydrogen-bond acceptors (Lipinski definition) is 5. The highest BCUT2D eigenvalue weighted by Gasteiger charge is 2.11. The predicted molar refractivity (Wildman–Crippen MR) is 89.5 cm³/mol. The van der Waals surface area contributed by atoms with Gasteiger partial charge in [-0.25, -0.2) is 15.0 Å². The lowest BCUT2D eigenvalue weighted by molar-refractivity contribution is 1.04. The fourth-order valence-corrected chi connectivity index (χ4v) is 3.16. The zero-order valence-electron chi connectivity index (χ0n) is 12.7. The maximum absolute atomic E-state index is 4.52. The zero-order chi connectivity index (χ0) is 15.8. The molecule has 1 N–H and O–H groups in total. The van der Waals surface area contributed by atoms with Gasteiger partial charge in [-0.05, 0) is 38.1 Å². The number of hydrogen-bond donors (Lipinski definition) is 1. The van der Waals surface area contributed by atoms with Crippen LogP contribution in [0.5, 0.6) is 0 Å². The number of nitrogens with one attached hydrogen (secondary N) is 1. The standard InChI is InChI=1S/C16H14N6S/c1-10-9-23-16(18-10)15-17-7-8-22(15)13-5-3-12(4-6-13)14-19-11(2)20-21-14/h3-9H,1-2H3,(H,19,20,21).